The highest BCUT2D eigenvalue weighted by molar-refractivity contribution is 5.76. The summed E-state index contributed by atoms with van der Waals surface area (Å²) in [5, 5.41) is 11.0. The Labute approximate surface area is 142 Å². The summed E-state index contributed by atoms with van der Waals surface area (Å²) < 4.78 is 0. The van der Waals surface area contributed by atoms with Gasteiger partial charge in [0.2, 0.25) is 5.91 Å². The molecule has 0 unspecified atom stereocenters. The second-order valence-electron chi connectivity index (χ2n) is 6.38. The molecule has 0 radical (unpaired) electrons. The van der Waals surface area contributed by atoms with Gasteiger partial charge in [-0.3, -0.25) is 4.79 Å². The molecule has 0 saturated carbocycles. The first kappa shape index (κ1) is 16.4. The summed E-state index contributed by atoms with van der Waals surface area (Å²) in [4.78, 5) is 18.8. The van der Waals surface area contributed by atoms with E-state index in [0.717, 1.165) is 30.9 Å². The number of rotatable bonds is 8. The molecule has 126 valence electrons. The Morgan fingerprint density at radius 3 is 2.71 bits per heavy atom. The van der Waals surface area contributed by atoms with E-state index in [9.17, 15) is 4.79 Å². The van der Waals surface area contributed by atoms with Crippen LogP contribution in [0.2, 0.25) is 0 Å². The minimum absolute atomic E-state index is 0.0102. The largest absolute Gasteiger partial charge is 0.357 e. The van der Waals surface area contributed by atoms with Gasteiger partial charge in [-0.2, -0.15) is 10.2 Å². The van der Waals surface area contributed by atoms with Gasteiger partial charge in [-0.15, -0.1) is 12.3 Å². The number of aromatic nitrogens is 1. The zero-order chi connectivity index (χ0) is 16.8. The molecule has 1 amide bonds. The van der Waals surface area contributed by atoms with Gasteiger partial charge in [0.15, 0.2) is 5.66 Å². The molecule has 0 atom stereocenters. The maximum atomic E-state index is 12.0. The van der Waals surface area contributed by atoms with Crippen molar-refractivity contribution in [1.29, 1.82) is 0 Å². The molecule has 6 heteroatoms. The monoisotopic (exact) mass is 325 g/mol. The summed E-state index contributed by atoms with van der Waals surface area (Å²) in [7, 11) is 0. The van der Waals surface area contributed by atoms with E-state index in [0.29, 0.717) is 25.8 Å². The second kappa shape index (κ2) is 7.43. The number of anilines is 1. The van der Waals surface area contributed by atoms with Gasteiger partial charge < -0.3 is 10.2 Å². The molecular weight excluding hydrogens is 302 g/mol. The highest BCUT2D eigenvalue weighted by Gasteiger charge is 2.39. The fourth-order valence-electron chi connectivity index (χ4n) is 2.93. The van der Waals surface area contributed by atoms with Gasteiger partial charge in [-0.1, -0.05) is 6.07 Å². The van der Waals surface area contributed by atoms with Crippen LogP contribution in [0, 0.1) is 12.3 Å². The van der Waals surface area contributed by atoms with Gasteiger partial charge in [0.05, 0.1) is 0 Å². The lowest BCUT2D eigenvalue weighted by Crippen LogP contribution is -2.25. The maximum absolute atomic E-state index is 12.0. The number of hydrogen-bond acceptors (Lipinski definition) is 5. The van der Waals surface area contributed by atoms with Crippen molar-refractivity contribution in [2.45, 2.75) is 50.7 Å². The summed E-state index contributed by atoms with van der Waals surface area (Å²) in [5.41, 5.74) is 0.622. The van der Waals surface area contributed by atoms with Gasteiger partial charge in [0.25, 0.3) is 0 Å². The molecule has 0 aromatic carbocycles. The Kier molecular flexibility index (Phi) is 5.09. The number of nitrogens with one attached hydrogen (secondary N) is 1. The number of hydrogen-bond donors (Lipinski definition) is 1. The number of carbonyl (C=O) groups excluding carboxylic acids is 1. The van der Waals surface area contributed by atoms with Gasteiger partial charge in [0, 0.05) is 51.5 Å². The molecule has 3 rings (SSSR count). The van der Waals surface area contributed by atoms with E-state index in [-0.39, 0.29) is 11.6 Å². The lowest BCUT2D eigenvalue weighted by molar-refractivity contribution is -0.121. The smallest absolute Gasteiger partial charge is 0.220 e. The first-order chi connectivity index (χ1) is 11.7. The highest BCUT2D eigenvalue weighted by Crippen LogP contribution is 2.37. The number of terminal acetylenes is 1. The van der Waals surface area contributed by atoms with Crippen molar-refractivity contribution in [3.05, 3.63) is 23.9 Å². The van der Waals surface area contributed by atoms with E-state index in [1.54, 1.807) is 0 Å². The Morgan fingerprint density at radius 1 is 1.29 bits per heavy atom. The van der Waals surface area contributed by atoms with E-state index in [4.69, 9.17) is 6.42 Å². The molecule has 3 heterocycles. The molecular formula is C18H23N5O. The minimum atomic E-state index is -0.386. The lowest BCUT2D eigenvalue weighted by Gasteiger charge is -2.16. The quantitative estimate of drug-likeness (QED) is 0.747. The predicted molar refractivity (Wildman–Crippen MR) is 92.4 cm³/mol. The molecule has 1 aromatic rings. The summed E-state index contributed by atoms with van der Waals surface area (Å²) >= 11 is 0. The lowest BCUT2D eigenvalue weighted by atomic mass is 10.0. The first-order valence-corrected chi connectivity index (χ1v) is 8.55. The highest BCUT2D eigenvalue weighted by atomic mass is 16.1. The molecule has 2 aliphatic heterocycles. The molecule has 1 fully saturated rings. The third-order valence-electron chi connectivity index (χ3n) is 4.53. The van der Waals surface area contributed by atoms with Gasteiger partial charge in [0.1, 0.15) is 5.82 Å². The van der Waals surface area contributed by atoms with Crippen LogP contribution in [0.4, 0.5) is 5.82 Å². The van der Waals surface area contributed by atoms with Crippen LogP contribution in [0.1, 0.15) is 44.1 Å². The summed E-state index contributed by atoms with van der Waals surface area (Å²) in [6.45, 7) is 2.67. The van der Waals surface area contributed by atoms with Crippen molar-refractivity contribution >= 4 is 11.7 Å². The molecule has 1 saturated heterocycles. The summed E-state index contributed by atoms with van der Waals surface area (Å²) in [6, 6.07) is 4.06. The van der Waals surface area contributed by atoms with E-state index < -0.39 is 0 Å². The van der Waals surface area contributed by atoms with Crippen molar-refractivity contribution in [2.75, 3.05) is 18.0 Å². The number of nitrogens with zero attached hydrogens (tertiary/aromatic N) is 4. The van der Waals surface area contributed by atoms with Crippen molar-refractivity contribution < 1.29 is 4.79 Å². The molecule has 0 bridgehead atoms. The molecule has 1 N–H and O–H groups in total. The fourth-order valence-corrected chi connectivity index (χ4v) is 2.93. The van der Waals surface area contributed by atoms with Crippen LogP contribution < -0.4 is 10.2 Å². The van der Waals surface area contributed by atoms with Gasteiger partial charge in [-0.25, -0.2) is 4.98 Å². The Hall–Kier alpha value is -2.42. The zero-order valence-electron chi connectivity index (χ0n) is 13.9. The SMILES string of the molecule is C#CCCC1(CCC(=O)NCc2ccc(N3CCCC3)nc2)N=N1. The number of amides is 1. The van der Waals surface area contributed by atoms with E-state index in [1.807, 2.05) is 18.3 Å². The Balaban J connectivity index is 1.39. The summed E-state index contributed by atoms with van der Waals surface area (Å²) in [6.07, 6.45) is 12.0. The van der Waals surface area contributed by atoms with Crippen molar-refractivity contribution in [2.24, 2.45) is 10.2 Å². The Morgan fingerprint density at radius 2 is 2.08 bits per heavy atom. The minimum Gasteiger partial charge on any atom is -0.357 e. The van der Waals surface area contributed by atoms with Crippen LogP contribution in [0.25, 0.3) is 0 Å². The predicted octanol–water partition coefficient (Wildman–Crippen LogP) is 2.65. The average Bonchev–Trinajstić information content (AvgIpc) is 3.17. The molecule has 6 nitrogen and oxygen atoms in total. The third-order valence-corrected chi connectivity index (χ3v) is 4.53. The van der Waals surface area contributed by atoms with E-state index >= 15 is 0 Å². The number of carbonyl (C=O) groups is 1. The van der Waals surface area contributed by atoms with Gasteiger partial charge >= 0.3 is 0 Å². The molecule has 0 aliphatic carbocycles. The first-order valence-electron chi connectivity index (χ1n) is 8.55. The fraction of sp³-hybridized carbons (Fsp3) is 0.556. The topological polar surface area (TPSA) is 70.0 Å². The van der Waals surface area contributed by atoms with Crippen LogP contribution in [0.5, 0.6) is 0 Å². The molecule has 0 spiro atoms. The molecule has 2 aliphatic rings. The standard InChI is InChI=1S/C18H23N5O/c1-2-3-9-18(21-22-18)10-8-17(24)20-14-15-6-7-16(19-13-15)23-11-4-5-12-23/h1,6-7,13H,3-5,8-12,14H2,(H,20,24). The third kappa shape index (κ3) is 4.31. The molecule has 24 heavy (non-hydrogen) atoms. The number of pyridine rings is 1. The van der Waals surface area contributed by atoms with Crippen LogP contribution in [-0.2, 0) is 11.3 Å². The van der Waals surface area contributed by atoms with Crippen LogP contribution in [-0.4, -0.2) is 29.6 Å². The Bertz CT molecular complexity index is 634. The normalized spacial score (nSPS) is 17.5. The van der Waals surface area contributed by atoms with Crippen LogP contribution in [0.15, 0.2) is 28.6 Å². The van der Waals surface area contributed by atoms with E-state index in [1.165, 1.54) is 12.8 Å². The van der Waals surface area contributed by atoms with E-state index in [2.05, 4.69) is 31.3 Å². The second-order valence-corrected chi connectivity index (χ2v) is 6.38. The molecule has 1 aromatic heterocycles. The average molecular weight is 325 g/mol. The van der Waals surface area contributed by atoms with Crippen LogP contribution in [0.3, 0.4) is 0 Å². The van der Waals surface area contributed by atoms with Crippen molar-refractivity contribution in [3.63, 3.8) is 0 Å². The summed E-state index contributed by atoms with van der Waals surface area (Å²) in [5.74, 6) is 3.63. The zero-order valence-corrected chi connectivity index (χ0v) is 13.9. The maximum Gasteiger partial charge on any atom is 0.220 e. The van der Waals surface area contributed by atoms with Crippen LogP contribution >= 0.6 is 0 Å². The van der Waals surface area contributed by atoms with Crippen molar-refractivity contribution in [3.8, 4) is 12.3 Å². The van der Waals surface area contributed by atoms with Crippen molar-refractivity contribution in [1.82, 2.24) is 10.3 Å². The van der Waals surface area contributed by atoms with Gasteiger partial charge in [-0.05, 0) is 24.5 Å².